The fourth-order valence-electron chi connectivity index (χ4n) is 3.73. The number of carboxylic acid groups (broad SMARTS) is 1. The van der Waals surface area contributed by atoms with Crippen molar-refractivity contribution in [1.82, 2.24) is 16.0 Å². The van der Waals surface area contributed by atoms with E-state index in [2.05, 4.69) is 16.0 Å². The zero-order valence-corrected chi connectivity index (χ0v) is 18.5. The summed E-state index contributed by atoms with van der Waals surface area (Å²) in [5.74, 6) is -2.21. The van der Waals surface area contributed by atoms with E-state index >= 15 is 0 Å². The Labute approximate surface area is 191 Å². The van der Waals surface area contributed by atoms with E-state index in [1.807, 2.05) is 48.5 Å². The van der Waals surface area contributed by atoms with Crippen LogP contribution >= 0.6 is 0 Å². The summed E-state index contributed by atoms with van der Waals surface area (Å²) in [5.41, 5.74) is 4.40. The normalized spacial score (nSPS) is 13.8. The molecule has 2 aromatic carbocycles. The van der Waals surface area contributed by atoms with Gasteiger partial charge in [0.1, 0.15) is 18.7 Å². The van der Waals surface area contributed by atoms with Crippen molar-refractivity contribution in [1.29, 1.82) is 0 Å². The zero-order chi connectivity index (χ0) is 24.0. The van der Waals surface area contributed by atoms with Gasteiger partial charge in [-0.05, 0) is 36.1 Å². The highest BCUT2D eigenvalue weighted by Crippen LogP contribution is 2.44. The number of benzene rings is 2. The first kappa shape index (κ1) is 23.8. The molecule has 4 N–H and O–H groups in total. The second-order valence-electron chi connectivity index (χ2n) is 7.86. The Morgan fingerprint density at radius 1 is 0.879 bits per heavy atom. The van der Waals surface area contributed by atoms with Gasteiger partial charge in [-0.3, -0.25) is 14.4 Å². The van der Waals surface area contributed by atoms with Crippen molar-refractivity contribution in [3.8, 4) is 11.1 Å². The number of hydrogen-bond acceptors (Lipinski definition) is 5. The van der Waals surface area contributed by atoms with Crippen LogP contribution in [0.15, 0.2) is 48.5 Å². The Morgan fingerprint density at radius 2 is 1.42 bits per heavy atom. The molecular weight excluding hydrogens is 426 g/mol. The lowest BCUT2D eigenvalue weighted by molar-refractivity contribution is -0.137. The lowest BCUT2D eigenvalue weighted by Gasteiger charge is -2.19. The fraction of sp³-hybridized carbons (Fsp3) is 0.333. The van der Waals surface area contributed by atoms with Gasteiger partial charge in [0, 0.05) is 12.5 Å². The summed E-state index contributed by atoms with van der Waals surface area (Å²) in [6, 6.07) is 14.1. The molecule has 0 radical (unpaired) electrons. The molecule has 2 atom stereocenters. The molecule has 0 fully saturated rings. The largest absolute Gasteiger partial charge is 0.481 e. The minimum atomic E-state index is -1.03. The number of carboxylic acids is 1. The van der Waals surface area contributed by atoms with Crippen LogP contribution in [0.3, 0.4) is 0 Å². The monoisotopic (exact) mass is 453 g/mol. The number of carbonyl (C=O) groups excluding carboxylic acids is 3. The standard InChI is InChI=1S/C24H27N3O6/c1-14(22(30)25-12-11-21(28)29)26-23(31)15(2)27-24(32)33-13-20-18-9-5-3-7-16(18)17-8-4-6-10-19(17)20/h3-10,14-15,20H,11-13H2,1-2H3,(H,25,30)(H,26,31)(H,27,32)(H,28,29)/t14-,15-/m0/s1. The predicted octanol–water partition coefficient (Wildman–Crippen LogP) is 2.01. The van der Waals surface area contributed by atoms with Crippen molar-refractivity contribution in [2.45, 2.75) is 38.3 Å². The van der Waals surface area contributed by atoms with E-state index in [4.69, 9.17) is 9.84 Å². The second-order valence-corrected chi connectivity index (χ2v) is 7.86. The van der Waals surface area contributed by atoms with Gasteiger partial charge >= 0.3 is 12.1 Å². The number of nitrogens with one attached hydrogen (secondary N) is 3. The van der Waals surface area contributed by atoms with Crippen LogP contribution < -0.4 is 16.0 Å². The maximum atomic E-state index is 12.3. The summed E-state index contributed by atoms with van der Waals surface area (Å²) in [6.07, 6.45) is -0.954. The molecule has 1 aliphatic rings. The first-order chi connectivity index (χ1) is 15.8. The van der Waals surface area contributed by atoms with Gasteiger partial charge in [-0.25, -0.2) is 4.79 Å². The molecule has 9 heteroatoms. The maximum Gasteiger partial charge on any atom is 0.407 e. The van der Waals surface area contributed by atoms with E-state index in [1.54, 1.807) is 0 Å². The van der Waals surface area contributed by atoms with Crippen LogP contribution in [0, 0.1) is 0 Å². The van der Waals surface area contributed by atoms with Gasteiger partial charge in [0.15, 0.2) is 0 Å². The number of hydrogen-bond donors (Lipinski definition) is 4. The highest BCUT2D eigenvalue weighted by Gasteiger charge is 2.29. The van der Waals surface area contributed by atoms with Crippen molar-refractivity contribution in [3.63, 3.8) is 0 Å². The number of carbonyl (C=O) groups is 4. The summed E-state index contributed by atoms with van der Waals surface area (Å²) in [5, 5.41) is 16.0. The highest BCUT2D eigenvalue weighted by atomic mass is 16.5. The molecule has 0 aromatic heterocycles. The summed E-state index contributed by atoms with van der Waals surface area (Å²) in [6.45, 7) is 3.03. The first-order valence-electron chi connectivity index (χ1n) is 10.7. The second kappa shape index (κ2) is 10.6. The Bertz CT molecular complexity index is 1010. The number of alkyl carbamates (subject to hydrolysis) is 1. The van der Waals surface area contributed by atoms with Gasteiger partial charge in [-0.2, -0.15) is 0 Å². The van der Waals surface area contributed by atoms with Crippen LogP contribution in [-0.4, -0.2) is 54.2 Å². The predicted molar refractivity (Wildman–Crippen MR) is 121 cm³/mol. The molecule has 9 nitrogen and oxygen atoms in total. The first-order valence-corrected chi connectivity index (χ1v) is 10.7. The summed E-state index contributed by atoms with van der Waals surface area (Å²) in [7, 11) is 0. The highest BCUT2D eigenvalue weighted by molar-refractivity contribution is 5.91. The molecule has 3 amide bonds. The molecule has 2 aromatic rings. The molecule has 0 bridgehead atoms. The molecular formula is C24H27N3O6. The van der Waals surface area contributed by atoms with Gasteiger partial charge in [-0.15, -0.1) is 0 Å². The minimum Gasteiger partial charge on any atom is -0.481 e. The molecule has 0 aliphatic heterocycles. The number of amides is 3. The van der Waals surface area contributed by atoms with Crippen LogP contribution in [0.5, 0.6) is 0 Å². The third-order valence-electron chi connectivity index (χ3n) is 5.46. The minimum absolute atomic E-state index is 0.0398. The summed E-state index contributed by atoms with van der Waals surface area (Å²) in [4.78, 5) is 47.1. The van der Waals surface area contributed by atoms with Crippen LogP contribution in [0.1, 0.15) is 37.3 Å². The molecule has 0 spiro atoms. The molecule has 0 heterocycles. The van der Waals surface area contributed by atoms with Crippen molar-refractivity contribution < 1.29 is 29.0 Å². The molecule has 0 saturated carbocycles. The molecule has 3 rings (SSSR count). The zero-order valence-electron chi connectivity index (χ0n) is 18.5. The van der Waals surface area contributed by atoms with Crippen LogP contribution in [-0.2, 0) is 19.1 Å². The van der Waals surface area contributed by atoms with Crippen molar-refractivity contribution in [2.24, 2.45) is 0 Å². The topological polar surface area (TPSA) is 134 Å². The summed E-state index contributed by atoms with van der Waals surface area (Å²) < 4.78 is 5.42. The lowest BCUT2D eigenvalue weighted by atomic mass is 9.98. The maximum absolute atomic E-state index is 12.3. The van der Waals surface area contributed by atoms with Gasteiger partial charge in [0.25, 0.3) is 0 Å². The van der Waals surface area contributed by atoms with E-state index in [9.17, 15) is 19.2 Å². The van der Waals surface area contributed by atoms with Crippen LogP contribution in [0.4, 0.5) is 4.79 Å². The number of fused-ring (bicyclic) bond motifs is 3. The Balaban J connectivity index is 1.49. The quantitative estimate of drug-likeness (QED) is 0.459. The number of rotatable bonds is 9. The molecule has 33 heavy (non-hydrogen) atoms. The van der Waals surface area contributed by atoms with Crippen molar-refractivity contribution in [3.05, 3.63) is 59.7 Å². The van der Waals surface area contributed by atoms with Gasteiger partial charge in [0.2, 0.25) is 11.8 Å². The van der Waals surface area contributed by atoms with Gasteiger partial charge in [0.05, 0.1) is 6.42 Å². The van der Waals surface area contributed by atoms with E-state index in [1.165, 1.54) is 13.8 Å². The smallest absolute Gasteiger partial charge is 0.407 e. The van der Waals surface area contributed by atoms with Gasteiger partial charge in [-0.1, -0.05) is 48.5 Å². The molecule has 174 valence electrons. The molecule has 0 unspecified atom stereocenters. The number of aliphatic carboxylic acids is 1. The third kappa shape index (κ3) is 5.88. The Morgan fingerprint density at radius 3 is 2.00 bits per heavy atom. The number of ether oxygens (including phenoxy) is 1. The third-order valence-corrected chi connectivity index (χ3v) is 5.46. The van der Waals surface area contributed by atoms with Crippen molar-refractivity contribution >= 4 is 23.9 Å². The van der Waals surface area contributed by atoms with Crippen molar-refractivity contribution in [2.75, 3.05) is 13.2 Å². The average molecular weight is 453 g/mol. The van der Waals surface area contributed by atoms with Crippen LogP contribution in [0.2, 0.25) is 0 Å². The van der Waals surface area contributed by atoms with E-state index < -0.39 is 36.0 Å². The lowest BCUT2D eigenvalue weighted by Crippen LogP contribution is -2.52. The van der Waals surface area contributed by atoms with E-state index in [0.29, 0.717) is 0 Å². The summed E-state index contributed by atoms with van der Waals surface area (Å²) >= 11 is 0. The van der Waals surface area contributed by atoms with E-state index in [0.717, 1.165) is 22.3 Å². The molecule has 1 aliphatic carbocycles. The van der Waals surface area contributed by atoms with Crippen LogP contribution in [0.25, 0.3) is 11.1 Å². The average Bonchev–Trinajstić information content (AvgIpc) is 3.11. The fourth-order valence-corrected chi connectivity index (χ4v) is 3.73. The SMILES string of the molecule is C[C@H](NC(=O)OCC1c2ccccc2-c2ccccc21)C(=O)N[C@@H](C)C(=O)NCCC(=O)O. The van der Waals surface area contributed by atoms with Gasteiger partial charge < -0.3 is 25.8 Å². The van der Waals surface area contributed by atoms with E-state index in [-0.39, 0.29) is 25.5 Å². The Hall–Kier alpha value is -3.88. The Kier molecular flexibility index (Phi) is 7.66. The molecule has 0 saturated heterocycles.